The predicted molar refractivity (Wildman–Crippen MR) is 86.3 cm³/mol. The van der Waals surface area contributed by atoms with Crippen molar-refractivity contribution in [2.24, 2.45) is 0 Å². The van der Waals surface area contributed by atoms with Crippen LogP contribution in [0.5, 0.6) is 0 Å². The van der Waals surface area contributed by atoms with E-state index in [1.165, 1.54) is 23.2 Å². The van der Waals surface area contributed by atoms with Crippen molar-refractivity contribution in [1.29, 1.82) is 0 Å². The first-order valence-corrected chi connectivity index (χ1v) is 7.89. The first-order chi connectivity index (χ1) is 10.3. The zero-order chi connectivity index (χ0) is 14.2. The summed E-state index contributed by atoms with van der Waals surface area (Å²) in [4.78, 5) is 2.59. The first-order valence-electron chi connectivity index (χ1n) is 7.89. The van der Waals surface area contributed by atoms with Gasteiger partial charge in [0.05, 0.1) is 0 Å². The highest BCUT2D eigenvalue weighted by atomic mass is 15.2. The summed E-state index contributed by atoms with van der Waals surface area (Å²) in [5.41, 5.74) is 5.95. The molecule has 2 heterocycles. The fraction of sp³-hybridized carbons (Fsp3) is 0.368. The van der Waals surface area contributed by atoms with Crippen LogP contribution in [0.3, 0.4) is 0 Å². The fourth-order valence-electron chi connectivity index (χ4n) is 3.92. The van der Waals surface area contributed by atoms with Crippen molar-refractivity contribution in [3.63, 3.8) is 0 Å². The van der Waals surface area contributed by atoms with E-state index < -0.39 is 0 Å². The summed E-state index contributed by atoms with van der Waals surface area (Å²) in [5, 5.41) is 3.75. The smallest absolute Gasteiger partial charge is 0.0279 e. The second-order valence-corrected chi connectivity index (χ2v) is 6.42. The average molecular weight is 278 g/mol. The molecule has 1 fully saturated rings. The molecule has 1 saturated heterocycles. The van der Waals surface area contributed by atoms with E-state index in [2.05, 4.69) is 65.7 Å². The Balaban J connectivity index is 1.55. The zero-order valence-corrected chi connectivity index (χ0v) is 12.5. The van der Waals surface area contributed by atoms with Crippen molar-refractivity contribution >= 4 is 0 Å². The number of aryl methyl sites for hydroxylation is 1. The summed E-state index contributed by atoms with van der Waals surface area (Å²) >= 11 is 0. The third-order valence-electron chi connectivity index (χ3n) is 5.03. The third kappa shape index (κ3) is 2.39. The SMILES string of the molecule is Cc1cccc2c1CN[C@@H]1CN(Cc3ccccc3)C[C@@H]21. The molecule has 0 aromatic heterocycles. The molecule has 108 valence electrons. The molecule has 0 saturated carbocycles. The minimum atomic E-state index is 0.614. The van der Waals surface area contributed by atoms with E-state index in [1.54, 1.807) is 5.56 Å². The van der Waals surface area contributed by atoms with E-state index in [4.69, 9.17) is 0 Å². The Morgan fingerprint density at radius 2 is 1.90 bits per heavy atom. The van der Waals surface area contributed by atoms with E-state index in [0.29, 0.717) is 12.0 Å². The van der Waals surface area contributed by atoms with E-state index >= 15 is 0 Å². The number of nitrogens with zero attached hydrogens (tertiary/aromatic N) is 1. The largest absolute Gasteiger partial charge is 0.308 e. The van der Waals surface area contributed by atoms with Gasteiger partial charge in [0.25, 0.3) is 0 Å². The van der Waals surface area contributed by atoms with Gasteiger partial charge in [-0.2, -0.15) is 0 Å². The molecule has 0 amide bonds. The molecule has 21 heavy (non-hydrogen) atoms. The Hall–Kier alpha value is -1.64. The van der Waals surface area contributed by atoms with Crippen LogP contribution < -0.4 is 5.32 Å². The lowest BCUT2D eigenvalue weighted by molar-refractivity contribution is 0.319. The lowest BCUT2D eigenvalue weighted by atomic mass is 9.85. The molecular formula is C19H22N2. The lowest BCUT2D eigenvalue weighted by Crippen LogP contribution is -2.39. The van der Waals surface area contributed by atoms with Gasteiger partial charge in [-0.15, -0.1) is 0 Å². The number of hydrogen-bond acceptors (Lipinski definition) is 2. The van der Waals surface area contributed by atoms with Gasteiger partial charge in [-0.3, -0.25) is 4.90 Å². The van der Waals surface area contributed by atoms with Crippen molar-refractivity contribution in [3.05, 3.63) is 70.8 Å². The summed E-state index contributed by atoms with van der Waals surface area (Å²) < 4.78 is 0. The monoisotopic (exact) mass is 278 g/mol. The molecule has 2 aromatic carbocycles. The maximum Gasteiger partial charge on any atom is 0.0279 e. The molecule has 4 rings (SSSR count). The van der Waals surface area contributed by atoms with Crippen LogP contribution in [-0.2, 0) is 13.1 Å². The van der Waals surface area contributed by atoms with Crippen LogP contribution in [-0.4, -0.2) is 24.0 Å². The summed E-state index contributed by atoms with van der Waals surface area (Å²) in [6.45, 7) is 6.66. The van der Waals surface area contributed by atoms with E-state index in [-0.39, 0.29) is 0 Å². The molecule has 0 spiro atoms. The third-order valence-corrected chi connectivity index (χ3v) is 5.03. The summed E-state index contributed by atoms with van der Waals surface area (Å²) in [5.74, 6) is 0.650. The molecule has 2 aromatic rings. The number of benzene rings is 2. The van der Waals surface area contributed by atoms with Crippen molar-refractivity contribution in [3.8, 4) is 0 Å². The van der Waals surface area contributed by atoms with Gasteiger partial charge < -0.3 is 5.32 Å². The molecule has 2 aliphatic heterocycles. The van der Waals surface area contributed by atoms with Crippen molar-refractivity contribution in [1.82, 2.24) is 10.2 Å². The molecule has 2 heteroatoms. The maximum atomic E-state index is 3.75. The van der Waals surface area contributed by atoms with Gasteiger partial charge in [0.1, 0.15) is 0 Å². The van der Waals surface area contributed by atoms with Crippen LogP contribution in [0.2, 0.25) is 0 Å². The van der Waals surface area contributed by atoms with Gasteiger partial charge in [0.15, 0.2) is 0 Å². The number of fused-ring (bicyclic) bond motifs is 3. The maximum absolute atomic E-state index is 3.75. The highest BCUT2D eigenvalue weighted by molar-refractivity contribution is 5.40. The standard InChI is InChI=1S/C19H22N2/c1-14-6-5-9-16-17(14)10-20-19-13-21(12-18(16)19)11-15-7-3-2-4-8-15/h2-9,18-20H,10-13H2,1H3/t18-,19+/m0/s1. The molecule has 0 bridgehead atoms. The van der Waals surface area contributed by atoms with Gasteiger partial charge in [0.2, 0.25) is 0 Å². The molecule has 0 radical (unpaired) electrons. The number of hydrogen-bond donors (Lipinski definition) is 1. The summed E-state index contributed by atoms with van der Waals surface area (Å²) in [7, 11) is 0. The Morgan fingerprint density at radius 3 is 2.76 bits per heavy atom. The summed E-state index contributed by atoms with van der Waals surface area (Å²) in [6, 6.07) is 18.2. The number of rotatable bonds is 2. The molecule has 2 atom stereocenters. The van der Waals surface area contributed by atoms with Crippen LogP contribution in [0.25, 0.3) is 0 Å². The molecule has 2 aliphatic rings. The van der Waals surface area contributed by atoms with Crippen LogP contribution >= 0.6 is 0 Å². The van der Waals surface area contributed by atoms with Crippen LogP contribution in [0.1, 0.15) is 28.2 Å². The minimum absolute atomic E-state index is 0.614. The van der Waals surface area contributed by atoms with Gasteiger partial charge >= 0.3 is 0 Å². The van der Waals surface area contributed by atoms with Crippen molar-refractivity contribution in [2.45, 2.75) is 32.0 Å². The van der Waals surface area contributed by atoms with E-state index in [0.717, 1.165) is 19.6 Å². The molecule has 1 N–H and O–H groups in total. The zero-order valence-electron chi connectivity index (χ0n) is 12.5. The van der Waals surface area contributed by atoms with Crippen molar-refractivity contribution in [2.75, 3.05) is 13.1 Å². The highest BCUT2D eigenvalue weighted by Crippen LogP contribution is 2.35. The Bertz CT molecular complexity index is 635. The van der Waals surface area contributed by atoms with Crippen molar-refractivity contribution < 1.29 is 0 Å². The number of nitrogens with one attached hydrogen (secondary N) is 1. The van der Waals surface area contributed by atoms with E-state index in [9.17, 15) is 0 Å². The van der Waals surface area contributed by atoms with E-state index in [1.807, 2.05) is 0 Å². The lowest BCUT2D eigenvalue weighted by Gasteiger charge is -2.29. The fourth-order valence-corrected chi connectivity index (χ4v) is 3.92. The van der Waals surface area contributed by atoms with Crippen LogP contribution in [0.4, 0.5) is 0 Å². The highest BCUT2D eigenvalue weighted by Gasteiger charge is 2.37. The Morgan fingerprint density at radius 1 is 1.05 bits per heavy atom. The van der Waals surface area contributed by atoms with Crippen LogP contribution in [0.15, 0.2) is 48.5 Å². The van der Waals surface area contributed by atoms with Crippen LogP contribution in [0, 0.1) is 6.92 Å². The minimum Gasteiger partial charge on any atom is -0.308 e. The van der Waals surface area contributed by atoms with Gasteiger partial charge in [-0.1, -0.05) is 48.5 Å². The quantitative estimate of drug-likeness (QED) is 0.908. The topological polar surface area (TPSA) is 15.3 Å². The van der Waals surface area contributed by atoms with Gasteiger partial charge in [-0.05, 0) is 29.2 Å². The molecular weight excluding hydrogens is 256 g/mol. The second kappa shape index (κ2) is 5.28. The Kier molecular flexibility index (Phi) is 3.28. The molecule has 2 nitrogen and oxygen atoms in total. The molecule has 0 unspecified atom stereocenters. The first kappa shape index (κ1) is 13.1. The van der Waals surface area contributed by atoms with Gasteiger partial charge in [-0.25, -0.2) is 0 Å². The number of likely N-dealkylation sites (tertiary alicyclic amines) is 1. The Labute approximate surface area is 126 Å². The molecule has 0 aliphatic carbocycles. The average Bonchev–Trinajstić information content (AvgIpc) is 2.91. The van der Waals surface area contributed by atoms with Gasteiger partial charge in [0, 0.05) is 38.1 Å². The predicted octanol–water partition coefficient (Wildman–Crippen LogP) is 3.07. The summed E-state index contributed by atoms with van der Waals surface area (Å²) in [6.07, 6.45) is 0. The normalized spacial score (nSPS) is 24.6. The second-order valence-electron chi connectivity index (χ2n) is 6.42.